The van der Waals surface area contributed by atoms with Crippen LogP contribution >= 0.6 is 15.9 Å². The van der Waals surface area contributed by atoms with Gasteiger partial charge in [-0.2, -0.15) is 5.10 Å². The molecule has 0 aliphatic rings. The Morgan fingerprint density at radius 2 is 2.05 bits per heavy atom. The number of likely N-dealkylation sites (N-methyl/N-ethyl adjacent to an activating group) is 1. The minimum Gasteiger partial charge on any atom is -0.310 e. The van der Waals surface area contributed by atoms with Crippen LogP contribution in [0.1, 0.15) is 49.7 Å². The highest BCUT2D eigenvalue weighted by Gasteiger charge is 2.16. The maximum atomic E-state index is 4.67. The van der Waals surface area contributed by atoms with Gasteiger partial charge in [0.25, 0.3) is 0 Å². The molecule has 0 fully saturated rings. The zero-order chi connectivity index (χ0) is 15.4. The molecule has 1 N–H and O–H groups in total. The summed E-state index contributed by atoms with van der Waals surface area (Å²) in [6.07, 6.45) is 2.97. The number of nitrogens with zero attached hydrogens (tertiary/aromatic N) is 2. The Morgan fingerprint density at radius 1 is 1.29 bits per heavy atom. The standard InChI is InChI=1S/C17H24BrN3/c1-5-19-17(15-7-6-8-16(18)13(15)4)11-14-9-10-21(20-14)12(2)3/h6-10,12,17,19H,5,11H2,1-4H3. The normalized spacial score (nSPS) is 12.9. The van der Waals surface area contributed by atoms with Gasteiger partial charge in [-0.1, -0.05) is 35.0 Å². The van der Waals surface area contributed by atoms with Crippen LogP contribution in [-0.2, 0) is 6.42 Å². The molecule has 0 saturated carbocycles. The Hall–Kier alpha value is -1.13. The second-order valence-corrected chi connectivity index (χ2v) is 6.50. The van der Waals surface area contributed by atoms with Crippen LogP contribution in [0.15, 0.2) is 34.9 Å². The van der Waals surface area contributed by atoms with Gasteiger partial charge in [-0.15, -0.1) is 0 Å². The molecule has 3 nitrogen and oxygen atoms in total. The van der Waals surface area contributed by atoms with Gasteiger partial charge < -0.3 is 5.32 Å². The fourth-order valence-corrected chi connectivity index (χ4v) is 2.90. The first kappa shape index (κ1) is 16.2. The van der Waals surface area contributed by atoms with Crippen molar-refractivity contribution < 1.29 is 0 Å². The molecule has 0 bridgehead atoms. The lowest BCUT2D eigenvalue weighted by atomic mass is 9.97. The Morgan fingerprint density at radius 3 is 2.67 bits per heavy atom. The Balaban J connectivity index is 2.24. The summed E-state index contributed by atoms with van der Waals surface area (Å²) >= 11 is 3.63. The molecule has 2 rings (SSSR count). The van der Waals surface area contributed by atoms with Crippen LogP contribution in [0.3, 0.4) is 0 Å². The molecule has 1 unspecified atom stereocenters. The Kier molecular flexibility index (Phi) is 5.59. The molecule has 0 aliphatic heterocycles. The summed E-state index contributed by atoms with van der Waals surface area (Å²) in [6.45, 7) is 9.55. The highest BCUT2D eigenvalue weighted by atomic mass is 79.9. The van der Waals surface area contributed by atoms with Crippen molar-refractivity contribution in [1.29, 1.82) is 0 Å². The van der Waals surface area contributed by atoms with Crippen molar-refractivity contribution in [3.63, 3.8) is 0 Å². The molecular weight excluding hydrogens is 326 g/mol. The first-order valence-corrected chi connectivity index (χ1v) is 8.34. The van der Waals surface area contributed by atoms with Crippen molar-refractivity contribution in [1.82, 2.24) is 15.1 Å². The van der Waals surface area contributed by atoms with Crippen LogP contribution < -0.4 is 5.32 Å². The molecule has 21 heavy (non-hydrogen) atoms. The molecular formula is C17H24BrN3. The molecule has 0 amide bonds. The number of nitrogens with one attached hydrogen (secondary N) is 1. The zero-order valence-corrected chi connectivity index (χ0v) is 14.8. The van der Waals surface area contributed by atoms with Crippen molar-refractivity contribution in [3.05, 3.63) is 51.8 Å². The van der Waals surface area contributed by atoms with Crippen LogP contribution in [0.4, 0.5) is 0 Å². The third-order valence-electron chi connectivity index (χ3n) is 3.74. The minimum absolute atomic E-state index is 0.294. The second kappa shape index (κ2) is 7.23. The molecule has 0 saturated heterocycles. The lowest BCUT2D eigenvalue weighted by molar-refractivity contribution is 0.505. The molecule has 0 spiro atoms. The molecule has 114 valence electrons. The number of hydrogen-bond acceptors (Lipinski definition) is 2. The van der Waals surface area contributed by atoms with E-state index >= 15 is 0 Å². The van der Waals surface area contributed by atoms with Crippen LogP contribution in [0.5, 0.6) is 0 Å². The highest BCUT2D eigenvalue weighted by molar-refractivity contribution is 9.10. The van der Waals surface area contributed by atoms with E-state index in [1.165, 1.54) is 11.1 Å². The zero-order valence-electron chi connectivity index (χ0n) is 13.2. The summed E-state index contributed by atoms with van der Waals surface area (Å²) in [5.41, 5.74) is 3.77. The number of benzene rings is 1. The van der Waals surface area contributed by atoms with E-state index in [2.05, 4.69) is 84.5 Å². The average molecular weight is 350 g/mol. The SMILES string of the molecule is CCNC(Cc1ccn(C(C)C)n1)c1cccc(Br)c1C. The molecule has 0 aliphatic carbocycles. The van der Waals surface area contributed by atoms with E-state index < -0.39 is 0 Å². The lowest BCUT2D eigenvalue weighted by Crippen LogP contribution is -2.24. The Bertz CT molecular complexity index is 589. The van der Waals surface area contributed by atoms with Crippen LogP contribution in [0.2, 0.25) is 0 Å². The largest absolute Gasteiger partial charge is 0.310 e. The van der Waals surface area contributed by atoms with Crippen LogP contribution in [-0.4, -0.2) is 16.3 Å². The van der Waals surface area contributed by atoms with Crippen LogP contribution in [0, 0.1) is 6.92 Å². The smallest absolute Gasteiger partial charge is 0.0643 e. The van der Waals surface area contributed by atoms with Crippen molar-refractivity contribution in [2.24, 2.45) is 0 Å². The van der Waals surface area contributed by atoms with E-state index in [4.69, 9.17) is 0 Å². The summed E-state index contributed by atoms with van der Waals surface area (Å²) < 4.78 is 3.18. The van der Waals surface area contributed by atoms with Gasteiger partial charge in [-0.3, -0.25) is 4.68 Å². The number of halogens is 1. The van der Waals surface area contributed by atoms with Gasteiger partial charge >= 0.3 is 0 Å². The summed E-state index contributed by atoms with van der Waals surface area (Å²) in [4.78, 5) is 0. The second-order valence-electron chi connectivity index (χ2n) is 5.65. The third kappa shape index (κ3) is 3.95. The van der Waals surface area contributed by atoms with E-state index in [1.807, 2.05) is 4.68 Å². The maximum Gasteiger partial charge on any atom is 0.0643 e. The van der Waals surface area contributed by atoms with Gasteiger partial charge in [0, 0.05) is 29.2 Å². The topological polar surface area (TPSA) is 29.9 Å². The molecule has 1 atom stereocenters. The molecule has 2 aromatic rings. The Labute approximate surface area is 135 Å². The molecule has 4 heteroatoms. The molecule has 1 heterocycles. The van der Waals surface area contributed by atoms with E-state index in [1.54, 1.807) is 0 Å². The summed E-state index contributed by atoms with van der Waals surface area (Å²) in [7, 11) is 0. The van der Waals surface area contributed by atoms with E-state index in [-0.39, 0.29) is 0 Å². The number of aromatic nitrogens is 2. The first-order chi connectivity index (χ1) is 10.0. The monoisotopic (exact) mass is 349 g/mol. The fraction of sp³-hybridized carbons (Fsp3) is 0.471. The van der Waals surface area contributed by atoms with Gasteiger partial charge in [0.05, 0.1) is 5.69 Å². The lowest BCUT2D eigenvalue weighted by Gasteiger charge is -2.20. The number of rotatable bonds is 6. The quantitative estimate of drug-likeness (QED) is 0.835. The van der Waals surface area contributed by atoms with Crippen LogP contribution in [0.25, 0.3) is 0 Å². The van der Waals surface area contributed by atoms with Crippen molar-refractivity contribution in [3.8, 4) is 0 Å². The summed E-state index contributed by atoms with van der Waals surface area (Å²) in [5.74, 6) is 0. The van der Waals surface area contributed by atoms with E-state index in [0.717, 1.165) is 23.1 Å². The van der Waals surface area contributed by atoms with Gasteiger partial charge in [-0.25, -0.2) is 0 Å². The van der Waals surface area contributed by atoms with Gasteiger partial charge in [0.2, 0.25) is 0 Å². The minimum atomic E-state index is 0.294. The van der Waals surface area contributed by atoms with E-state index in [0.29, 0.717) is 12.1 Å². The van der Waals surface area contributed by atoms with Gasteiger partial charge in [0.1, 0.15) is 0 Å². The van der Waals surface area contributed by atoms with Crippen molar-refractivity contribution >= 4 is 15.9 Å². The van der Waals surface area contributed by atoms with Crippen molar-refractivity contribution in [2.75, 3.05) is 6.54 Å². The predicted octanol–water partition coefficient (Wildman–Crippen LogP) is 4.43. The first-order valence-electron chi connectivity index (χ1n) is 7.55. The summed E-state index contributed by atoms with van der Waals surface area (Å²) in [6, 6.07) is 9.22. The maximum absolute atomic E-state index is 4.67. The van der Waals surface area contributed by atoms with Crippen molar-refractivity contribution in [2.45, 2.75) is 46.2 Å². The molecule has 1 aromatic heterocycles. The molecule has 1 aromatic carbocycles. The molecule has 0 radical (unpaired) electrons. The highest BCUT2D eigenvalue weighted by Crippen LogP contribution is 2.26. The number of hydrogen-bond donors (Lipinski definition) is 1. The van der Waals surface area contributed by atoms with Gasteiger partial charge in [-0.05, 0) is 50.6 Å². The summed E-state index contributed by atoms with van der Waals surface area (Å²) in [5, 5.41) is 8.26. The third-order valence-corrected chi connectivity index (χ3v) is 4.60. The fourth-order valence-electron chi connectivity index (χ4n) is 2.52. The van der Waals surface area contributed by atoms with Gasteiger partial charge in [0.15, 0.2) is 0 Å². The van der Waals surface area contributed by atoms with E-state index in [9.17, 15) is 0 Å². The predicted molar refractivity (Wildman–Crippen MR) is 91.6 cm³/mol. The average Bonchev–Trinajstić information content (AvgIpc) is 2.90.